The molecule has 0 unspecified atom stereocenters. The van der Waals surface area contributed by atoms with Crippen LogP contribution in [-0.4, -0.2) is 55.0 Å². The number of nitrogens with one attached hydrogen (secondary N) is 1. The van der Waals surface area contributed by atoms with Crippen LogP contribution in [0.25, 0.3) is 0 Å². The number of carbonyl (C=O) groups is 2. The van der Waals surface area contributed by atoms with Crippen LogP contribution in [0.5, 0.6) is 0 Å². The molecule has 26 heavy (non-hydrogen) atoms. The molecule has 1 aliphatic rings. The Labute approximate surface area is 152 Å². The largest absolute Gasteiger partial charge is 0.385 e. The monoisotopic (exact) mass is 363 g/mol. The highest BCUT2D eigenvalue weighted by Gasteiger charge is 2.28. The third kappa shape index (κ3) is 5.52. The maximum atomic E-state index is 12.5. The van der Waals surface area contributed by atoms with Crippen molar-refractivity contribution in [1.29, 1.82) is 0 Å². The Morgan fingerprint density at radius 2 is 2.00 bits per heavy atom. The fraction of sp³-hybridized carbons (Fsp3) is 0.556. The predicted octanol–water partition coefficient (Wildman–Crippen LogP) is 1.53. The second-order valence-corrected chi connectivity index (χ2v) is 6.36. The van der Waals surface area contributed by atoms with E-state index in [0.29, 0.717) is 44.6 Å². The van der Waals surface area contributed by atoms with Crippen molar-refractivity contribution in [3.05, 3.63) is 39.9 Å². The van der Waals surface area contributed by atoms with E-state index in [1.54, 1.807) is 30.2 Å². The molecule has 1 N–H and O–H groups in total. The summed E-state index contributed by atoms with van der Waals surface area (Å²) in [7, 11) is 1.62. The van der Waals surface area contributed by atoms with Gasteiger partial charge in [-0.15, -0.1) is 0 Å². The lowest BCUT2D eigenvalue weighted by molar-refractivity contribution is -0.385. The van der Waals surface area contributed by atoms with E-state index >= 15 is 0 Å². The van der Waals surface area contributed by atoms with E-state index in [1.807, 2.05) is 0 Å². The zero-order valence-electron chi connectivity index (χ0n) is 15.0. The van der Waals surface area contributed by atoms with Crippen molar-refractivity contribution in [2.75, 3.05) is 33.4 Å². The van der Waals surface area contributed by atoms with Crippen molar-refractivity contribution in [3.63, 3.8) is 0 Å². The van der Waals surface area contributed by atoms with Gasteiger partial charge in [0.2, 0.25) is 11.8 Å². The Bertz CT molecular complexity index is 641. The summed E-state index contributed by atoms with van der Waals surface area (Å²) in [6.07, 6.45) is 2.00. The first-order chi connectivity index (χ1) is 12.5. The average Bonchev–Trinajstić information content (AvgIpc) is 2.65. The number of amides is 2. The Hall–Kier alpha value is -2.48. The highest BCUT2D eigenvalue weighted by Crippen LogP contribution is 2.21. The summed E-state index contributed by atoms with van der Waals surface area (Å²) in [6, 6.07) is 6.29. The molecule has 1 aromatic carbocycles. The number of nitro groups is 1. The number of methoxy groups -OCH3 is 1. The van der Waals surface area contributed by atoms with E-state index in [0.717, 1.165) is 6.42 Å². The van der Waals surface area contributed by atoms with E-state index < -0.39 is 4.92 Å². The molecular weight excluding hydrogens is 338 g/mol. The number of piperidine rings is 1. The molecule has 1 aromatic rings. The van der Waals surface area contributed by atoms with Crippen LogP contribution < -0.4 is 5.32 Å². The first-order valence-electron chi connectivity index (χ1n) is 8.79. The Balaban J connectivity index is 1.81. The summed E-state index contributed by atoms with van der Waals surface area (Å²) in [5.74, 6) is -0.210. The highest BCUT2D eigenvalue weighted by molar-refractivity contribution is 5.81. The number of carbonyl (C=O) groups excluding carboxylic acids is 2. The van der Waals surface area contributed by atoms with E-state index in [2.05, 4.69) is 5.32 Å². The molecule has 0 aliphatic carbocycles. The Morgan fingerprint density at radius 3 is 2.65 bits per heavy atom. The standard InChI is InChI=1S/C18H25N3O5/c1-26-12-4-9-19-18(23)14-7-10-20(11-8-14)17(22)13-15-5-2-3-6-16(15)21(24)25/h2-3,5-6,14H,4,7-13H2,1H3,(H,19,23). The van der Waals surface area contributed by atoms with Crippen molar-refractivity contribution in [3.8, 4) is 0 Å². The molecular formula is C18H25N3O5. The van der Waals surface area contributed by atoms with E-state index in [-0.39, 0.29) is 29.8 Å². The predicted molar refractivity (Wildman–Crippen MR) is 95.6 cm³/mol. The van der Waals surface area contributed by atoms with Crippen LogP contribution in [0.15, 0.2) is 24.3 Å². The van der Waals surface area contributed by atoms with Crippen LogP contribution in [-0.2, 0) is 20.7 Å². The third-order valence-corrected chi connectivity index (χ3v) is 4.57. The number of rotatable bonds is 8. The molecule has 2 amide bonds. The molecule has 0 radical (unpaired) electrons. The van der Waals surface area contributed by atoms with Gasteiger partial charge >= 0.3 is 0 Å². The van der Waals surface area contributed by atoms with Gasteiger partial charge < -0.3 is 15.0 Å². The zero-order chi connectivity index (χ0) is 18.9. The summed E-state index contributed by atoms with van der Waals surface area (Å²) in [6.45, 7) is 2.19. The quantitative estimate of drug-likeness (QED) is 0.429. The van der Waals surface area contributed by atoms with Gasteiger partial charge in [0.25, 0.3) is 5.69 Å². The van der Waals surface area contributed by atoms with Crippen LogP contribution in [0, 0.1) is 16.0 Å². The molecule has 1 heterocycles. The summed E-state index contributed by atoms with van der Waals surface area (Å²) in [4.78, 5) is 36.8. The van der Waals surface area contributed by atoms with Crippen LogP contribution in [0.4, 0.5) is 5.69 Å². The van der Waals surface area contributed by atoms with Gasteiger partial charge in [0, 0.05) is 50.9 Å². The average molecular weight is 363 g/mol. The number of hydrogen-bond acceptors (Lipinski definition) is 5. The zero-order valence-corrected chi connectivity index (χ0v) is 15.0. The molecule has 0 bridgehead atoms. The van der Waals surface area contributed by atoms with Crippen LogP contribution >= 0.6 is 0 Å². The lowest BCUT2D eigenvalue weighted by atomic mass is 9.95. The van der Waals surface area contributed by atoms with Gasteiger partial charge in [-0.3, -0.25) is 19.7 Å². The van der Waals surface area contributed by atoms with Crippen molar-refractivity contribution in [1.82, 2.24) is 10.2 Å². The lowest BCUT2D eigenvalue weighted by Crippen LogP contribution is -2.43. The van der Waals surface area contributed by atoms with Gasteiger partial charge in [0.1, 0.15) is 0 Å². The van der Waals surface area contributed by atoms with Crippen LogP contribution in [0.3, 0.4) is 0 Å². The number of nitrogens with zero attached hydrogens (tertiary/aromatic N) is 2. The number of nitro benzene ring substituents is 1. The minimum absolute atomic E-state index is 0.00499. The first kappa shape index (κ1) is 19.8. The van der Waals surface area contributed by atoms with Crippen molar-refractivity contribution in [2.24, 2.45) is 5.92 Å². The summed E-state index contributed by atoms with van der Waals surface area (Å²) in [5.41, 5.74) is 0.381. The van der Waals surface area contributed by atoms with Gasteiger partial charge in [-0.05, 0) is 19.3 Å². The molecule has 0 aromatic heterocycles. The van der Waals surface area contributed by atoms with E-state index in [1.165, 1.54) is 6.07 Å². The molecule has 2 rings (SSSR count). The molecule has 0 atom stereocenters. The van der Waals surface area contributed by atoms with Gasteiger partial charge in [0.05, 0.1) is 11.3 Å². The van der Waals surface area contributed by atoms with Gasteiger partial charge in [-0.1, -0.05) is 18.2 Å². The Morgan fingerprint density at radius 1 is 1.31 bits per heavy atom. The number of hydrogen-bond donors (Lipinski definition) is 1. The topological polar surface area (TPSA) is 102 Å². The third-order valence-electron chi connectivity index (χ3n) is 4.57. The first-order valence-corrected chi connectivity index (χ1v) is 8.79. The van der Waals surface area contributed by atoms with E-state index in [4.69, 9.17) is 4.74 Å². The van der Waals surface area contributed by atoms with E-state index in [9.17, 15) is 19.7 Å². The lowest BCUT2D eigenvalue weighted by Gasteiger charge is -2.31. The van der Waals surface area contributed by atoms with Crippen molar-refractivity contribution >= 4 is 17.5 Å². The van der Waals surface area contributed by atoms with Gasteiger partial charge in [-0.2, -0.15) is 0 Å². The number of benzene rings is 1. The molecule has 8 heteroatoms. The smallest absolute Gasteiger partial charge is 0.273 e. The summed E-state index contributed by atoms with van der Waals surface area (Å²) >= 11 is 0. The maximum Gasteiger partial charge on any atom is 0.273 e. The van der Waals surface area contributed by atoms with Gasteiger partial charge in [0.15, 0.2) is 0 Å². The SMILES string of the molecule is COCCCNC(=O)C1CCN(C(=O)Cc2ccccc2[N+](=O)[O-])CC1. The maximum absolute atomic E-state index is 12.5. The molecule has 0 saturated carbocycles. The fourth-order valence-corrected chi connectivity index (χ4v) is 3.08. The second kappa shape index (κ2) is 9.86. The molecule has 8 nitrogen and oxygen atoms in total. The van der Waals surface area contributed by atoms with Crippen molar-refractivity contribution in [2.45, 2.75) is 25.7 Å². The highest BCUT2D eigenvalue weighted by atomic mass is 16.6. The fourth-order valence-electron chi connectivity index (χ4n) is 3.08. The molecule has 1 saturated heterocycles. The summed E-state index contributed by atoms with van der Waals surface area (Å²) < 4.78 is 4.94. The van der Waals surface area contributed by atoms with Crippen LogP contribution in [0.1, 0.15) is 24.8 Å². The summed E-state index contributed by atoms with van der Waals surface area (Å²) in [5, 5.41) is 13.9. The molecule has 1 aliphatic heterocycles. The molecule has 1 fully saturated rings. The normalized spacial score (nSPS) is 14.9. The van der Waals surface area contributed by atoms with Gasteiger partial charge in [-0.25, -0.2) is 0 Å². The number of ether oxygens (including phenoxy) is 1. The molecule has 0 spiro atoms. The minimum Gasteiger partial charge on any atom is -0.385 e. The van der Waals surface area contributed by atoms with Crippen molar-refractivity contribution < 1.29 is 19.2 Å². The Kier molecular flexibility index (Phi) is 7.53. The second-order valence-electron chi connectivity index (χ2n) is 6.36. The molecule has 142 valence electrons. The van der Waals surface area contributed by atoms with Crippen LogP contribution in [0.2, 0.25) is 0 Å². The number of likely N-dealkylation sites (tertiary alicyclic amines) is 1. The number of para-hydroxylation sites is 1. The minimum atomic E-state index is -0.469.